The third-order valence-corrected chi connectivity index (χ3v) is 12.9. The molecule has 0 aliphatic rings. The van der Waals surface area contributed by atoms with Gasteiger partial charge in [0.1, 0.15) is 25.4 Å². The first kappa shape index (κ1) is 69.3. The molecule has 0 fully saturated rings. The van der Waals surface area contributed by atoms with Crippen LogP contribution in [0.3, 0.4) is 0 Å². The molecule has 0 aliphatic carbocycles. The molecule has 9 nitrogen and oxygen atoms in total. The smallest absolute Gasteiger partial charge is 0.305 e. The summed E-state index contributed by atoms with van der Waals surface area (Å²) in [6, 6.07) is 0. The first-order chi connectivity index (χ1) is 35.7. The van der Waals surface area contributed by atoms with E-state index < -0.39 is 5.54 Å². The minimum Gasteiger partial charge on any atom is -0.463 e. The van der Waals surface area contributed by atoms with Gasteiger partial charge in [-0.15, -0.1) is 0 Å². The summed E-state index contributed by atoms with van der Waals surface area (Å²) >= 11 is 0. The Bertz CT molecular complexity index is 1330. The Balaban J connectivity index is 5.30. The minimum absolute atomic E-state index is 0.222. The molecule has 0 atom stereocenters. The molecule has 0 aliphatic heterocycles. The molecule has 420 valence electrons. The molecule has 0 aromatic carbocycles. The Labute approximate surface area is 449 Å². The number of rotatable bonds is 53. The molecule has 0 rings (SSSR count). The van der Waals surface area contributed by atoms with Gasteiger partial charge in [-0.1, -0.05) is 190 Å². The van der Waals surface area contributed by atoms with Gasteiger partial charge in [-0.25, -0.2) is 0 Å². The zero-order valence-corrected chi connectivity index (χ0v) is 47.9. The van der Waals surface area contributed by atoms with Crippen molar-refractivity contribution in [2.24, 2.45) is 0 Å². The van der Waals surface area contributed by atoms with Gasteiger partial charge in [-0.05, 0) is 143 Å². The maximum Gasteiger partial charge on any atom is 0.305 e. The Morgan fingerprint density at radius 1 is 0.356 bits per heavy atom. The average molecular weight is 1020 g/mol. The van der Waals surface area contributed by atoms with E-state index >= 15 is 0 Å². The fourth-order valence-electron chi connectivity index (χ4n) is 8.26. The molecule has 0 radical (unpaired) electrons. The van der Waals surface area contributed by atoms with Crippen LogP contribution in [0.2, 0.25) is 0 Å². The van der Waals surface area contributed by atoms with E-state index in [-0.39, 0.29) is 69.3 Å². The minimum atomic E-state index is -1.41. The van der Waals surface area contributed by atoms with Crippen LogP contribution in [-0.2, 0) is 33.4 Å². The maximum absolute atomic E-state index is 13.5. The van der Waals surface area contributed by atoms with Crippen molar-refractivity contribution in [1.29, 1.82) is 0 Å². The van der Waals surface area contributed by atoms with Crippen molar-refractivity contribution in [1.82, 2.24) is 10.2 Å². The molecule has 0 bridgehead atoms. The highest BCUT2D eigenvalue weighted by Crippen LogP contribution is 2.17. The topological polar surface area (TPSA) is 111 Å². The lowest BCUT2D eigenvalue weighted by molar-refractivity contribution is -0.159. The number of carbonyl (C=O) groups excluding carboxylic acids is 4. The number of nitrogens with zero attached hydrogens (tertiary/aromatic N) is 1. The molecule has 0 saturated carbocycles. The van der Waals surface area contributed by atoms with Crippen LogP contribution >= 0.6 is 0 Å². The number of hydrogen-bond donors (Lipinski definition) is 1. The predicted octanol–water partition coefficient (Wildman–Crippen LogP) is 17.3. The quantitative estimate of drug-likeness (QED) is 0.0278. The lowest BCUT2D eigenvalue weighted by atomic mass is 10.0. The van der Waals surface area contributed by atoms with Crippen LogP contribution in [-0.4, -0.2) is 74.7 Å². The van der Waals surface area contributed by atoms with E-state index in [2.05, 4.69) is 99.0 Å². The van der Waals surface area contributed by atoms with E-state index in [1.54, 1.807) is 0 Å². The van der Waals surface area contributed by atoms with Crippen molar-refractivity contribution < 1.29 is 33.4 Å². The van der Waals surface area contributed by atoms with Crippen LogP contribution in [0.25, 0.3) is 0 Å². The fraction of sp³-hybridized carbons (Fsp3) is 0.750. The van der Waals surface area contributed by atoms with Gasteiger partial charge in [-0.2, -0.15) is 0 Å². The van der Waals surface area contributed by atoms with Crippen molar-refractivity contribution in [3.05, 3.63) is 72.9 Å². The van der Waals surface area contributed by atoms with E-state index in [1.807, 2.05) is 19.0 Å². The van der Waals surface area contributed by atoms with Crippen LogP contribution in [0.1, 0.15) is 265 Å². The molecule has 9 heteroatoms. The first-order valence-electron chi connectivity index (χ1n) is 30.0. The zero-order chi connectivity index (χ0) is 53.4. The molecular weight excluding hydrogens is 909 g/mol. The monoisotopic (exact) mass is 1020 g/mol. The number of amides is 1. The van der Waals surface area contributed by atoms with Gasteiger partial charge in [0.2, 0.25) is 5.91 Å². The molecule has 0 heterocycles. The number of hydrogen-bond acceptors (Lipinski definition) is 8. The Hall–Kier alpha value is -3.72. The second-order valence-corrected chi connectivity index (χ2v) is 20.7. The summed E-state index contributed by atoms with van der Waals surface area (Å²) in [6.07, 6.45) is 64.6. The van der Waals surface area contributed by atoms with E-state index in [4.69, 9.17) is 14.2 Å². The highest BCUT2D eigenvalue weighted by atomic mass is 16.6. The van der Waals surface area contributed by atoms with Gasteiger partial charge < -0.3 is 24.4 Å². The van der Waals surface area contributed by atoms with Gasteiger partial charge in [0.15, 0.2) is 0 Å². The second-order valence-electron chi connectivity index (χ2n) is 20.7. The highest BCUT2D eigenvalue weighted by molar-refractivity contribution is 5.77. The molecule has 0 aromatic rings. The van der Waals surface area contributed by atoms with Crippen molar-refractivity contribution in [3.63, 3.8) is 0 Å². The number of esters is 3. The van der Waals surface area contributed by atoms with Gasteiger partial charge in [-0.3, -0.25) is 19.2 Å². The largest absolute Gasteiger partial charge is 0.463 e. The Morgan fingerprint density at radius 3 is 0.918 bits per heavy atom. The van der Waals surface area contributed by atoms with Crippen LogP contribution in [0.5, 0.6) is 0 Å². The maximum atomic E-state index is 13.5. The van der Waals surface area contributed by atoms with E-state index in [1.165, 1.54) is 77.0 Å². The first-order valence-corrected chi connectivity index (χ1v) is 30.0. The zero-order valence-electron chi connectivity index (χ0n) is 47.9. The molecule has 0 aromatic heterocycles. The standard InChI is InChI=1S/C64H112N2O7/c1-6-9-12-15-18-21-24-27-30-33-36-39-42-45-48-53-61(68)71-57-64(65-60(67)52-51-56-66(4)5,58-72-62(69)54-49-46-43-40-37-34-31-28-25-22-19-16-13-10-7-2)59-73-63(70)55-50-47-44-41-38-35-32-29-26-23-20-17-14-11-8-3/h18-23,27-32H,6-17,24-26,33-59H2,1-5H3,(H,65,67)/b21-18-,22-19-,23-20-,30-27-,31-28-,32-29-. The molecule has 1 N–H and O–H groups in total. The fourth-order valence-corrected chi connectivity index (χ4v) is 8.26. The highest BCUT2D eigenvalue weighted by Gasteiger charge is 2.37. The summed E-state index contributed by atoms with van der Waals surface area (Å²) in [6.45, 7) is 6.62. The lowest BCUT2D eigenvalue weighted by Crippen LogP contribution is -2.59. The Morgan fingerprint density at radius 2 is 0.630 bits per heavy atom. The number of carbonyl (C=O) groups is 4. The third-order valence-electron chi connectivity index (χ3n) is 12.9. The number of ether oxygens (including phenoxy) is 3. The Kier molecular flexibility index (Phi) is 51.8. The average Bonchev–Trinajstić information content (AvgIpc) is 3.37. The van der Waals surface area contributed by atoms with Gasteiger partial charge in [0.25, 0.3) is 0 Å². The van der Waals surface area contributed by atoms with Crippen LogP contribution in [0.4, 0.5) is 0 Å². The van der Waals surface area contributed by atoms with Crippen molar-refractivity contribution >= 4 is 23.8 Å². The lowest BCUT2D eigenvalue weighted by Gasteiger charge is -2.33. The molecular formula is C64H112N2O7. The molecule has 0 saturated heterocycles. The summed E-state index contributed by atoms with van der Waals surface area (Å²) in [5, 5.41) is 3.02. The van der Waals surface area contributed by atoms with Gasteiger partial charge in [0, 0.05) is 25.7 Å². The second kappa shape index (κ2) is 54.5. The van der Waals surface area contributed by atoms with Crippen LogP contribution in [0.15, 0.2) is 72.9 Å². The number of nitrogens with one attached hydrogen (secondary N) is 1. The molecule has 73 heavy (non-hydrogen) atoms. The predicted molar refractivity (Wildman–Crippen MR) is 310 cm³/mol. The third kappa shape index (κ3) is 51.6. The van der Waals surface area contributed by atoms with Crippen LogP contribution in [0, 0.1) is 0 Å². The summed E-state index contributed by atoms with van der Waals surface area (Å²) in [5.74, 6) is -1.43. The molecule has 0 unspecified atom stereocenters. The molecule has 0 spiro atoms. The summed E-state index contributed by atoms with van der Waals surface area (Å²) in [4.78, 5) is 55.1. The van der Waals surface area contributed by atoms with Crippen molar-refractivity contribution in [2.45, 2.75) is 270 Å². The van der Waals surface area contributed by atoms with Gasteiger partial charge in [0.05, 0.1) is 0 Å². The van der Waals surface area contributed by atoms with Crippen molar-refractivity contribution in [3.8, 4) is 0 Å². The van der Waals surface area contributed by atoms with Gasteiger partial charge >= 0.3 is 17.9 Å². The molecule has 1 amide bonds. The number of allylic oxidation sites excluding steroid dienone is 12. The van der Waals surface area contributed by atoms with E-state index in [9.17, 15) is 19.2 Å². The van der Waals surface area contributed by atoms with Crippen LogP contribution < -0.4 is 5.32 Å². The summed E-state index contributed by atoms with van der Waals surface area (Å²) < 4.78 is 17.5. The van der Waals surface area contributed by atoms with Crippen molar-refractivity contribution in [2.75, 3.05) is 40.5 Å². The van der Waals surface area contributed by atoms with E-state index in [0.29, 0.717) is 32.2 Å². The number of unbranched alkanes of at least 4 members (excludes halogenated alkanes) is 24. The summed E-state index contributed by atoms with van der Waals surface area (Å²) in [5.41, 5.74) is -1.41. The normalized spacial score (nSPS) is 12.3. The van der Waals surface area contributed by atoms with E-state index in [0.717, 1.165) is 116 Å². The summed E-state index contributed by atoms with van der Waals surface area (Å²) in [7, 11) is 3.91. The SMILES string of the molecule is CCCCC/C=C\C/C=C\CCCCCCCC(=O)OCC(COC(=O)CCCCCCC/C=C\C/C=C\CCCCC)(COC(=O)CCCCCCC/C=C\C/C=C\CCCCC)NC(=O)CCCN(C)C.